The van der Waals surface area contributed by atoms with Crippen molar-refractivity contribution in [1.82, 2.24) is 20.2 Å². The molecule has 0 aliphatic heterocycles. The van der Waals surface area contributed by atoms with Crippen molar-refractivity contribution < 1.29 is 4.79 Å². The molecular formula is C17H21Cl2N5O. The first kappa shape index (κ1) is 19.4. The quantitative estimate of drug-likeness (QED) is 0.718. The lowest BCUT2D eigenvalue weighted by Gasteiger charge is -2.11. The first-order valence-corrected chi connectivity index (χ1v) is 8.61. The zero-order chi connectivity index (χ0) is 18.4. The summed E-state index contributed by atoms with van der Waals surface area (Å²) in [7, 11) is 3.99. The minimum absolute atomic E-state index is 0.226. The van der Waals surface area contributed by atoms with Gasteiger partial charge in [0.15, 0.2) is 0 Å². The van der Waals surface area contributed by atoms with Gasteiger partial charge in [0, 0.05) is 28.3 Å². The fourth-order valence-electron chi connectivity index (χ4n) is 2.21. The van der Waals surface area contributed by atoms with E-state index < -0.39 is 0 Å². The van der Waals surface area contributed by atoms with Crippen LogP contribution in [0.2, 0.25) is 10.0 Å². The van der Waals surface area contributed by atoms with Gasteiger partial charge in [0.25, 0.3) is 5.91 Å². The normalized spacial score (nSPS) is 10.8. The summed E-state index contributed by atoms with van der Waals surface area (Å²) in [5.74, 6) is 0.775. The molecule has 1 aromatic heterocycles. The molecule has 0 radical (unpaired) electrons. The summed E-state index contributed by atoms with van der Waals surface area (Å²) in [5, 5.41) is 6.99. The number of carbonyl (C=O) groups excluding carboxylic acids is 1. The van der Waals surface area contributed by atoms with Crippen molar-refractivity contribution in [3.8, 4) is 0 Å². The molecule has 0 bridgehead atoms. The van der Waals surface area contributed by atoms with E-state index in [-0.39, 0.29) is 5.91 Å². The van der Waals surface area contributed by atoms with Gasteiger partial charge in [-0.2, -0.15) is 0 Å². The fourth-order valence-corrected chi connectivity index (χ4v) is 2.74. The van der Waals surface area contributed by atoms with Crippen LogP contribution in [-0.4, -0.2) is 48.0 Å². The Hall–Kier alpha value is -1.89. The van der Waals surface area contributed by atoms with Crippen LogP contribution < -0.4 is 10.6 Å². The molecule has 2 aromatic rings. The van der Waals surface area contributed by atoms with E-state index in [1.165, 1.54) is 0 Å². The molecule has 0 spiro atoms. The minimum atomic E-state index is -0.226. The first-order chi connectivity index (χ1) is 11.8. The van der Waals surface area contributed by atoms with Crippen molar-refractivity contribution >= 4 is 40.6 Å². The molecule has 2 N–H and O–H groups in total. The second-order valence-electron chi connectivity index (χ2n) is 5.88. The number of amides is 1. The van der Waals surface area contributed by atoms with Gasteiger partial charge < -0.3 is 15.5 Å². The number of nitrogens with one attached hydrogen (secondary N) is 2. The van der Waals surface area contributed by atoms with Gasteiger partial charge in [-0.3, -0.25) is 4.79 Å². The summed E-state index contributed by atoms with van der Waals surface area (Å²) < 4.78 is 0. The predicted molar refractivity (Wildman–Crippen MR) is 102 cm³/mol. The molecule has 2 rings (SSSR count). The van der Waals surface area contributed by atoms with Gasteiger partial charge in [-0.1, -0.05) is 23.2 Å². The number of halogens is 2. The van der Waals surface area contributed by atoms with Gasteiger partial charge in [0.2, 0.25) is 0 Å². The minimum Gasteiger partial charge on any atom is -0.351 e. The van der Waals surface area contributed by atoms with Crippen LogP contribution in [0.25, 0.3) is 0 Å². The van der Waals surface area contributed by atoms with Crippen LogP contribution in [0.5, 0.6) is 0 Å². The van der Waals surface area contributed by atoms with E-state index in [2.05, 4.69) is 25.5 Å². The molecule has 1 aromatic carbocycles. The SMILES string of the molecule is Cc1nc(Nc2cc(Cl)cc(Cl)c2)cc(C(=O)NCCCN(C)C)n1. The van der Waals surface area contributed by atoms with Crippen LogP contribution >= 0.6 is 23.2 Å². The van der Waals surface area contributed by atoms with Crippen LogP contribution in [0.3, 0.4) is 0 Å². The molecule has 0 aliphatic carbocycles. The van der Waals surface area contributed by atoms with Crippen molar-refractivity contribution in [1.29, 1.82) is 0 Å². The molecule has 6 nitrogen and oxygen atoms in total. The van der Waals surface area contributed by atoms with Gasteiger partial charge in [-0.05, 0) is 52.2 Å². The molecule has 0 unspecified atom stereocenters. The summed E-state index contributed by atoms with van der Waals surface area (Å²) >= 11 is 12.0. The standard InChI is InChI=1S/C17H21Cl2N5O/c1-11-21-15(17(25)20-5-4-6-24(2)3)10-16(22-11)23-14-8-12(18)7-13(19)9-14/h7-10H,4-6H2,1-3H3,(H,20,25)(H,21,22,23). The zero-order valence-corrected chi connectivity index (χ0v) is 15.9. The monoisotopic (exact) mass is 381 g/mol. The van der Waals surface area contributed by atoms with Crippen LogP contribution in [0, 0.1) is 6.92 Å². The van der Waals surface area contributed by atoms with Gasteiger partial charge in [-0.15, -0.1) is 0 Å². The lowest BCUT2D eigenvalue weighted by molar-refractivity contribution is 0.0947. The first-order valence-electron chi connectivity index (χ1n) is 7.85. The number of hydrogen-bond acceptors (Lipinski definition) is 5. The van der Waals surface area contributed by atoms with E-state index in [1.54, 1.807) is 31.2 Å². The Bertz CT molecular complexity index is 732. The zero-order valence-electron chi connectivity index (χ0n) is 14.4. The average molecular weight is 382 g/mol. The number of aromatic nitrogens is 2. The maximum atomic E-state index is 12.3. The fraction of sp³-hybridized carbons (Fsp3) is 0.353. The van der Waals surface area contributed by atoms with E-state index >= 15 is 0 Å². The highest BCUT2D eigenvalue weighted by atomic mass is 35.5. The molecule has 0 saturated heterocycles. The Morgan fingerprint density at radius 1 is 1.12 bits per heavy atom. The van der Waals surface area contributed by atoms with Crippen molar-refractivity contribution in [2.24, 2.45) is 0 Å². The van der Waals surface area contributed by atoms with Crippen LogP contribution in [-0.2, 0) is 0 Å². The molecule has 1 heterocycles. The van der Waals surface area contributed by atoms with Crippen LogP contribution in [0.4, 0.5) is 11.5 Å². The van der Waals surface area contributed by atoms with Crippen molar-refractivity contribution in [2.45, 2.75) is 13.3 Å². The number of hydrogen-bond donors (Lipinski definition) is 2. The second-order valence-corrected chi connectivity index (χ2v) is 6.75. The Morgan fingerprint density at radius 2 is 1.80 bits per heavy atom. The second kappa shape index (κ2) is 8.99. The summed E-state index contributed by atoms with van der Waals surface area (Å²) in [6, 6.07) is 6.70. The van der Waals surface area contributed by atoms with Crippen molar-refractivity contribution in [2.75, 3.05) is 32.5 Å². The number of anilines is 2. The Morgan fingerprint density at radius 3 is 2.44 bits per heavy atom. The number of nitrogens with zero attached hydrogens (tertiary/aromatic N) is 3. The molecule has 0 saturated carbocycles. The molecular weight excluding hydrogens is 361 g/mol. The molecule has 1 amide bonds. The third kappa shape index (κ3) is 6.49. The number of rotatable bonds is 7. The molecule has 8 heteroatoms. The lowest BCUT2D eigenvalue weighted by atomic mass is 10.3. The number of carbonyl (C=O) groups is 1. The molecule has 0 atom stereocenters. The van der Waals surface area contributed by atoms with Crippen molar-refractivity contribution in [3.05, 3.63) is 45.8 Å². The largest absolute Gasteiger partial charge is 0.351 e. The van der Waals surface area contributed by atoms with E-state index in [0.29, 0.717) is 39.6 Å². The number of aryl methyl sites for hydroxylation is 1. The maximum absolute atomic E-state index is 12.3. The smallest absolute Gasteiger partial charge is 0.270 e. The summed E-state index contributed by atoms with van der Waals surface area (Å²) in [6.45, 7) is 3.23. The summed E-state index contributed by atoms with van der Waals surface area (Å²) in [6.07, 6.45) is 0.870. The topological polar surface area (TPSA) is 70.2 Å². The van der Waals surface area contributed by atoms with Gasteiger partial charge in [-0.25, -0.2) is 9.97 Å². The number of benzene rings is 1. The van der Waals surface area contributed by atoms with Crippen molar-refractivity contribution in [3.63, 3.8) is 0 Å². The van der Waals surface area contributed by atoms with E-state index in [9.17, 15) is 4.79 Å². The Balaban J connectivity index is 2.07. The Kier molecular flexibility index (Phi) is 6.99. The highest BCUT2D eigenvalue weighted by Crippen LogP contribution is 2.24. The van der Waals surface area contributed by atoms with Gasteiger partial charge in [0.1, 0.15) is 17.3 Å². The predicted octanol–water partition coefficient (Wildman–Crippen LogP) is 3.52. The van der Waals surface area contributed by atoms with Gasteiger partial charge >= 0.3 is 0 Å². The molecule has 134 valence electrons. The van der Waals surface area contributed by atoms with Crippen LogP contribution in [0.1, 0.15) is 22.7 Å². The van der Waals surface area contributed by atoms with E-state index in [1.807, 2.05) is 14.1 Å². The third-order valence-corrected chi connectivity index (χ3v) is 3.71. The summed E-state index contributed by atoms with van der Waals surface area (Å²) in [5.41, 5.74) is 1.00. The molecule has 25 heavy (non-hydrogen) atoms. The van der Waals surface area contributed by atoms with Gasteiger partial charge in [0.05, 0.1) is 0 Å². The third-order valence-electron chi connectivity index (χ3n) is 3.27. The summed E-state index contributed by atoms with van der Waals surface area (Å²) in [4.78, 5) is 22.8. The Labute approximate surface area is 157 Å². The molecule has 0 aliphatic rings. The van der Waals surface area contributed by atoms with Crippen LogP contribution in [0.15, 0.2) is 24.3 Å². The highest BCUT2D eigenvalue weighted by molar-refractivity contribution is 6.35. The lowest BCUT2D eigenvalue weighted by Crippen LogP contribution is -2.28. The average Bonchev–Trinajstić information content (AvgIpc) is 2.49. The van der Waals surface area contributed by atoms with E-state index in [4.69, 9.17) is 23.2 Å². The highest BCUT2D eigenvalue weighted by Gasteiger charge is 2.11. The molecule has 0 fully saturated rings. The van der Waals surface area contributed by atoms with E-state index in [0.717, 1.165) is 13.0 Å². The maximum Gasteiger partial charge on any atom is 0.270 e.